The lowest BCUT2D eigenvalue weighted by atomic mass is 10.0. The molecule has 4 N–H and O–H groups in total. The molecule has 6 heteroatoms. The Balaban J connectivity index is 4.16. The molecule has 78 valence electrons. The van der Waals surface area contributed by atoms with E-state index >= 15 is 0 Å². The lowest BCUT2D eigenvalue weighted by molar-refractivity contribution is -0.122. The van der Waals surface area contributed by atoms with Gasteiger partial charge in [-0.25, -0.2) is 0 Å². The predicted octanol–water partition coefficient (Wildman–Crippen LogP) is -1.82. The van der Waals surface area contributed by atoms with Crippen LogP contribution in [-0.2, 0) is 4.79 Å². The number of aliphatic hydroxyl groups excluding tert-OH is 3. The molecule has 0 bridgehead atoms. The summed E-state index contributed by atoms with van der Waals surface area (Å²) in [4.78, 5) is 11.1. The van der Waals surface area contributed by atoms with Gasteiger partial charge in [-0.15, -0.1) is 0 Å². The normalized spacial score (nSPS) is 11.4. The maximum Gasteiger partial charge on any atom is 0.230 e. The van der Waals surface area contributed by atoms with Gasteiger partial charge in [0, 0.05) is 0 Å². The lowest BCUT2D eigenvalue weighted by Gasteiger charge is -2.28. The minimum atomic E-state index is -1.30. The summed E-state index contributed by atoms with van der Waals surface area (Å²) in [6.07, 6.45) is 1.76. The summed E-state index contributed by atoms with van der Waals surface area (Å²) in [5, 5.41) is 28.9. The first-order chi connectivity index (χ1) is 6.14. The Morgan fingerprint density at radius 2 is 1.77 bits per heavy atom. The first-order valence-corrected chi connectivity index (χ1v) is 5.16. The average Bonchev–Trinajstić information content (AvgIpc) is 2.15. The Kier molecular flexibility index (Phi) is 6.06. The van der Waals surface area contributed by atoms with E-state index in [-0.39, 0.29) is 11.7 Å². The molecule has 0 aliphatic heterocycles. The molecule has 0 spiro atoms. The zero-order chi connectivity index (χ0) is 10.3. The van der Waals surface area contributed by atoms with Crippen LogP contribution in [-0.4, -0.2) is 58.6 Å². The maximum absolute atomic E-state index is 11.1. The van der Waals surface area contributed by atoms with Crippen molar-refractivity contribution >= 4 is 17.7 Å². The molecular formula is C7H15NO4S. The fourth-order valence-corrected chi connectivity index (χ4v) is 1.07. The summed E-state index contributed by atoms with van der Waals surface area (Å²) in [7, 11) is 0. The smallest absolute Gasteiger partial charge is 0.230 e. The van der Waals surface area contributed by atoms with E-state index in [9.17, 15) is 4.79 Å². The quantitative estimate of drug-likeness (QED) is 0.414. The third kappa shape index (κ3) is 3.95. The van der Waals surface area contributed by atoms with Gasteiger partial charge in [-0.05, 0) is 6.26 Å². The van der Waals surface area contributed by atoms with E-state index in [0.717, 1.165) is 0 Å². The van der Waals surface area contributed by atoms with Crippen molar-refractivity contribution < 1.29 is 20.1 Å². The van der Waals surface area contributed by atoms with Crippen LogP contribution in [0.1, 0.15) is 0 Å². The minimum absolute atomic E-state index is 0.238. The molecule has 0 aromatic heterocycles. The highest BCUT2D eigenvalue weighted by Crippen LogP contribution is 2.02. The summed E-state index contributed by atoms with van der Waals surface area (Å²) in [5.41, 5.74) is -1.30. The monoisotopic (exact) mass is 209 g/mol. The lowest BCUT2D eigenvalue weighted by Crippen LogP contribution is -2.57. The van der Waals surface area contributed by atoms with Gasteiger partial charge in [0.15, 0.2) is 0 Å². The second-order valence-electron chi connectivity index (χ2n) is 2.74. The number of nitrogens with one attached hydrogen (secondary N) is 1. The fourth-order valence-electron chi connectivity index (χ4n) is 0.732. The van der Waals surface area contributed by atoms with Crippen LogP contribution in [0.5, 0.6) is 0 Å². The molecule has 0 aromatic carbocycles. The molecule has 0 atom stereocenters. The Hall–Kier alpha value is -0.300. The average molecular weight is 209 g/mol. The van der Waals surface area contributed by atoms with E-state index in [2.05, 4.69) is 5.32 Å². The molecule has 0 saturated heterocycles. The van der Waals surface area contributed by atoms with Gasteiger partial charge in [0.25, 0.3) is 0 Å². The number of aliphatic hydroxyl groups is 3. The van der Waals surface area contributed by atoms with Crippen LogP contribution in [0.25, 0.3) is 0 Å². The molecular weight excluding hydrogens is 194 g/mol. The van der Waals surface area contributed by atoms with Crippen LogP contribution in [0.2, 0.25) is 0 Å². The molecule has 5 nitrogen and oxygen atoms in total. The van der Waals surface area contributed by atoms with Crippen LogP contribution >= 0.6 is 11.8 Å². The van der Waals surface area contributed by atoms with Gasteiger partial charge in [-0.2, -0.15) is 11.8 Å². The van der Waals surface area contributed by atoms with E-state index in [4.69, 9.17) is 15.3 Å². The highest BCUT2D eigenvalue weighted by atomic mass is 32.2. The number of thioether (sulfide) groups is 1. The molecule has 0 rings (SSSR count). The van der Waals surface area contributed by atoms with Gasteiger partial charge in [-0.1, -0.05) is 0 Å². The van der Waals surface area contributed by atoms with Crippen LogP contribution in [0, 0.1) is 0 Å². The summed E-state index contributed by atoms with van der Waals surface area (Å²) in [6.45, 7) is -1.46. The summed E-state index contributed by atoms with van der Waals surface area (Å²) < 4.78 is 0. The SMILES string of the molecule is CSCC(=O)NC(CO)(CO)CO. The van der Waals surface area contributed by atoms with Gasteiger partial charge in [0.05, 0.1) is 25.6 Å². The first-order valence-electron chi connectivity index (χ1n) is 3.76. The summed E-state index contributed by atoms with van der Waals surface area (Å²) in [6, 6.07) is 0. The van der Waals surface area contributed by atoms with Gasteiger partial charge >= 0.3 is 0 Å². The van der Waals surface area contributed by atoms with E-state index in [1.807, 2.05) is 0 Å². The van der Waals surface area contributed by atoms with Gasteiger partial charge in [0.1, 0.15) is 5.54 Å². The Morgan fingerprint density at radius 3 is 2.08 bits per heavy atom. The first kappa shape index (κ1) is 12.7. The molecule has 0 radical (unpaired) electrons. The Bertz CT molecular complexity index is 152. The number of hydrogen-bond donors (Lipinski definition) is 4. The molecule has 1 amide bonds. The van der Waals surface area contributed by atoms with Crippen molar-refractivity contribution in [2.24, 2.45) is 0 Å². The molecule has 0 unspecified atom stereocenters. The zero-order valence-corrected chi connectivity index (χ0v) is 8.30. The second kappa shape index (κ2) is 6.20. The Labute approximate surface area is 81.1 Å². The highest BCUT2D eigenvalue weighted by molar-refractivity contribution is 7.99. The number of rotatable bonds is 6. The third-order valence-corrected chi connectivity index (χ3v) is 2.14. The van der Waals surface area contributed by atoms with Crippen molar-refractivity contribution in [3.8, 4) is 0 Å². The van der Waals surface area contributed by atoms with Crippen molar-refractivity contribution in [1.29, 1.82) is 0 Å². The third-order valence-electron chi connectivity index (χ3n) is 1.59. The fraction of sp³-hybridized carbons (Fsp3) is 0.857. The van der Waals surface area contributed by atoms with E-state index in [1.165, 1.54) is 11.8 Å². The number of hydrogen-bond acceptors (Lipinski definition) is 5. The summed E-state index contributed by atoms with van der Waals surface area (Å²) >= 11 is 1.32. The predicted molar refractivity (Wildman–Crippen MR) is 50.5 cm³/mol. The van der Waals surface area contributed by atoms with Crippen molar-refractivity contribution in [3.05, 3.63) is 0 Å². The molecule has 13 heavy (non-hydrogen) atoms. The number of carbonyl (C=O) groups is 1. The topological polar surface area (TPSA) is 89.8 Å². The molecule has 0 aromatic rings. The molecule has 0 fully saturated rings. The van der Waals surface area contributed by atoms with Crippen LogP contribution in [0.3, 0.4) is 0 Å². The molecule has 0 aliphatic rings. The van der Waals surface area contributed by atoms with Crippen LogP contribution in [0.4, 0.5) is 0 Å². The van der Waals surface area contributed by atoms with Crippen molar-refractivity contribution in [3.63, 3.8) is 0 Å². The van der Waals surface area contributed by atoms with Crippen LogP contribution in [0.15, 0.2) is 0 Å². The molecule has 0 heterocycles. The van der Waals surface area contributed by atoms with Gasteiger partial charge < -0.3 is 20.6 Å². The Morgan fingerprint density at radius 1 is 1.31 bits per heavy atom. The standard InChI is InChI=1S/C7H15NO4S/c1-13-2-6(12)8-7(3-9,4-10)5-11/h9-11H,2-5H2,1H3,(H,8,12). The minimum Gasteiger partial charge on any atom is -0.394 e. The highest BCUT2D eigenvalue weighted by Gasteiger charge is 2.29. The van der Waals surface area contributed by atoms with Crippen LogP contribution < -0.4 is 5.32 Å². The second-order valence-corrected chi connectivity index (χ2v) is 3.60. The van der Waals surface area contributed by atoms with Gasteiger partial charge in [-0.3, -0.25) is 4.79 Å². The van der Waals surface area contributed by atoms with Crippen molar-refractivity contribution in [2.45, 2.75) is 5.54 Å². The maximum atomic E-state index is 11.1. The van der Waals surface area contributed by atoms with E-state index < -0.39 is 25.4 Å². The van der Waals surface area contributed by atoms with Crippen molar-refractivity contribution in [1.82, 2.24) is 5.32 Å². The number of carbonyl (C=O) groups excluding carboxylic acids is 1. The van der Waals surface area contributed by atoms with Gasteiger partial charge in [0.2, 0.25) is 5.91 Å². The van der Waals surface area contributed by atoms with E-state index in [0.29, 0.717) is 0 Å². The van der Waals surface area contributed by atoms with Crippen molar-refractivity contribution in [2.75, 3.05) is 31.8 Å². The largest absolute Gasteiger partial charge is 0.394 e. The number of amides is 1. The van der Waals surface area contributed by atoms with E-state index in [1.54, 1.807) is 6.26 Å². The molecule has 0 aliphatic carbocycles. The molecule has 0 saturated carbocycles. The summed E-state index contributed by atoms with van der Waals surface area (Å²) in [5.74, 6) is -0.0773. The zero-order valence-electron chi connectivity index (χ0n) is 7.49.